The minimum Gasteiger partial charge on any atom is -0.480 e. The second-order valence-corrected chi connectivity index (χ2v) is 5.12. The topological polar surface area (TPSA) is 78.9 Å². The third kappa shape index (κ3) is 4.45. The zero-order valence-electron chi connectivity index (χ0n) is 12.5. The van der Waals surface area contributed by atoms with Crippen molar-refractivity contribution < 1.29 is 19.4 Å². The number of aliphatic carboxylic acids is 1. The van der Waals surface area contributed by atoms with Crippen molar-refractivity contribution in [1.29, 1.82) is 0 Å². The highest BCUT2D eigenvalue weighted by atomic mass is 16.5. The maximum atomic E-state index is 11.9. The van der Waals surface area contributed by atoms with Crippen molar-refractivity contribution in [2.75, 3.05) is 32.8 Å². The molecule has 0 aromatic carbocycles. The first-order valence-corrected chi connectivity index (χ1v) is 7.39. The molecule has 1 saturated heterocycles. The van der Waals surface area contributed by atoms with E-state index in [1.54, 1.807) is 0 Å². The zero-order valence-corrected chi connectivity index (χ0v) is 12.5. The van der Waals surface area contributed by atoms with Crippen LogP contribution >= 0.6 is 0 Å². The lowest BCUT2D eigenvalue weighted by molar-refractivity contribution is -0.145. The number of carbonyl (C=O) groups is 2. The highest BCUT2D eigenvalue weighted by Crippen LogP contribution is 2.15. The van der Waals surface area contributed by atoms with Crippen LogP contribution in [0.2, 0.25) is 0 Å². The molecule has 1 rings (SSSR count). The molecule has 1 aliphatic rings. The summed E-state index contributed by atoms with van der Waals surface area (Å²) in [5.74, 6) is -0.689. The van der Waals surface area contributed by atoms with Gasteiger partial charge in [-0.15, -0.1) is 0 Å². The van der Waals surface area contributed by atoms with Crippen LogP contribution in [0.1, 0.15) is 39.5 Å². The molecule has 0 aromatic heterocycles. The van der Waals surface area contributed by atoms with E-state index in [2.05, 4.69) is 5.32 Å². The fourth-order valence-corrected chi connectivity index (χ4v) is 2.42. The van der Waals surface area contributed by atoms with Crippen molar-refractivity contribution in [3.63, 3.8) is 0 Å². The Morgan fingerprint density at radius 3 is 2.35 bits per heavy atom. The van der Waals surface area contributed by atoms with Crippen molar-refractivity contribution in [2.45, 2.75) is 45.1 Å². The molecule has 0 bridgehead atoms. The van der Waals surface area contributed by atoms with Crippen LogP contribution in [0.3, 0.4) is 0 Å². The normalized spacial score (nSPS) is 16.2. The average molecular weight is 286 g/mol. The van der Waals surface area contributed by atoms with E-state index in [1.165, 1.54) is 0 Å². The van der Waals surface area contributed by atoms with Crippen LogP contribution in [0.4, 0.5) is 0 Å². The van der Waals surface area contributed by atoms with E-state index in [1.807, 2.05) is 18.7 Å². The molecule has 1 amide bonds. The van der Waals surface area contributed by atoms with Crippen molar-refractivity contribution in [3.8, 4) is 0 Å². The quantitative estimate of drug-likeness (QED) is 0.647. The average Bonchev–Trinajstić information content (AvgIpc) is 2.48. The molecule has 1 heterocycles. The summed E-state index contributed by atoms with van der Waals surface area (Å²) in [7, 11) is 0. The Labute approximate surface area is 120 Å². The lowest BCUT2D eigenvalue weighted by Gasteiger charge is -2.29. The molecule has 116 valence electrons. The third-order valence-corrected chi connectivity index (χ3v) is 4.01. The highest BCUT2D eigenvalue weighted by Gasteiger charge is 2.33. The molecule has 0 atom stereocenters. The predicted molar refractivity (Wildman–Crippen MR) is 75.6 cm³/mol. The molecule has 1 aliphatic heterocycles. The number of nitrogens with zero attached hydrogens (tertiary/aromatic N) is 1. The Morgan fingerprint density at radius 2 is 1.85 bits per heavy atom. The maximum absolute atomic E-state index is 11.9. The van der Waals surface area contributed by atoms with Crippen molar-refractivity contribution >= 4 is 11.9 Å². The molecule has 2 N–H and O–H groups in total. The van der Waals surface area contributed by atoms with Crippen LogP contribution in [0.5, 0.6) is 0 Å². The SMILES string of the molecule is CCC(CC)(NCCCC(=O)N1CCOCC1)C(=O)O. The minimum absolute atomic E-state index is 0.129. The number of amides is 1. The summed E-state index contributed by atoms with van der Waals surface area (Å²) in [5.41, 5.74) is -0.859. The molecule has 0 radical (unpaired) electrons. The molecule has 0 unspecified atom stereocenters. The van der Waals surface area contributed by atoms with Crippen molar-refractivity contribution in [1.82, 2.24) is 10.2 Å². The molecule has 0 aliphatic carbocycles. The summed E-state index contributed by atoms with van der Waals surface area (Å²) >= 11 is 0. The standard InChI is InChI=1S/C14H26N2O4/c1-3-14(4-2,13(18)19)15-7-5-6-12(17)16-8-10-20-11-9-16/h15H,3-11H2,1-2H3,(H,18,19). The summed E-state index contributed by atoms with van der Waals surface area (Å²) < 4.78 is 5.20. The van der Waals surface area contributed by atoms with Crippen LogP contribution in [0, 0.1) is 0 Å². The van der Waals surface area contributed by atoms with E-state index in [-0.39, 0.29) is 5.91 Å². The summed E-state index contributed by atoms with van der Waals surface area (Å²) in [6.07, 6.45) is 2.19. The molecule has 0 aromatic rings. The van der Waals surface area contributed by atoms with Crippen molar-refractivity contribution in [3.05, 3.63) is 0 Å². The van der Waals surface area contributed by atoms with E-state index in [0.717, 1.165) is 0 Å². The lowest BCUT2D eigenvalue weighted by atomic mass is 9.93. The molecular formula is C14H26N2O4. The predicted octanol–water partition coefficient (Wildman–Crippen LogP) is 0.858. The number of hydrogen-bond donors (Lipinski definition) is 2. The summed E-state index contributed by atoms with van der Waals surface area (Å²) in [6.45, 7) is 6.82. The smallest absolute Gasteiger partial charge is 0.323 e. The van der Waals surface area contributed by atoms with Gasteiger partial charge in [-0.3, -0.25) is 9.59 Å². The van der Waals surface area contributed by atoms with Gasteiger partial charge in [0.2, 0.25) is 5.91 Å². The lowest BCUT2D eigenvalue weighted by Crippen LogP contribution is -2.51. The monoisotopic (exact) mass is 286 g/mol. The van der Waals surface area contributed by atoms with Crippen LogP contribution in [-0.4, -0.2) is 60.3 Å². The largest absolute Gasteiger partial charge is 0.480 e. The van der Waals surface area contributed by atoms with Crippen LogP contribution in [0.15, 0.2) is 0 Å². The molecule has 20 heavy (non-hydrogen) atoms. The Bertz CT molecular complexity index is 323. The summed E-state index contributed by atoms with van der Waals surface area (Å²) in [4.78, 5) is 25.0. The van der Waals surface area contributed by atoms with Gasteiger partial charge in [-0.05, 0) is 25.8 Å². The molecule has 1 fully saturated rings. The van der Waals surface area contributed by atoms with Gasteiger partial charge in [0.15, 0.2) is 0 Å². The first-order chi connectivity index (χ1) is 9.55. The van der Waals surface area contributed by atoms with Gasteiger partial charge in [0.05, 0.1) is 13.2 Å². The minimum atomic E-state index is -0.859. The Hall–Kier alpha value is -1.14. The molecular weight excluding hydrogens is 260 g/mol. The number of rotatable bonds is 8. The number of morpholine rings is 1. The maximum Gasteiger partial charge on any atom is 0.323 e. The number of ether oxygens (including phenoxy) is 1. The fourth-order valence-electron chi connectivity index (χ4n) is 2.42. The van der Waals surface area contributed by atoms with Crippen LogP contribution in [-0.2, 0) is 14.3 Å². The van der Waals surface area contributed by atoms with Gasteiger partial charge >= 0.3 is 5.97 Å². The van der Waals surface area contributed by atoms with Gasteiger partial charge in [-0.25, -0.2) is 0 Å². The fraction of sp³-hybridized carbons (Fsp3) is 0.857. The van der Waals surface area contributed by atoms with E-state index in [9.17, 15) is 14.7 Å². The number of nitrogens with one attached hydrogen (secondary N) is 1. The van der Waals surface area contributed by atoms with E-state index >= 15 is 0 Å². The van der Waals surface area contributed by atoms with Gasteiger partial charge in [0, 0.05) is 19.5 Å². The first kappa shape index (κ1) is 16.9. The van der Waals surface area contributed by atoms with Crippen LogP contribution < -0.4 is 5.32 Å². The number of hydrogen-bond acceptors (Lipinski definition) is 4. The molecule has 6 nitrogen and oxygen atoms in total. The summed E-state index contributed by atoms with van der Waals surface area (Å²) in [6, 6.07) is 0. The second kappa shape index (κ2) is 8.21. The Kier molecular flexibility index (Phi) is 6.95. The van der Waals surface area contributed by atoms with E-state index in [4.69, 9.17) is 4.74 Å². The van der Waals surface area contributed by atoms with E-state index in [0.29, 0.717) is 58.5 Å². The molecule has 0 spiro atoms. The Morgan fingerprint density at radius 1 is 1.25 bits per heavy atom. The van der Waals surface area contributed by atoms with Gasteiger partial charge in [0.1, 0.15) is 5.54 Å². The van der Waals surface area contributed by atoms with Crippen LogP contribution in [0.25, 0.3) is 0 Å². The number of carbonyl (C=O) groups excluding carboxylic acids is 1. The third-order valence-electron chi connectivity index (χ3n) is 4.01. The van der Waals surface area contributed by atoms with Gasteiger partial charge < -0.3 is 20.1 Å². The van der Waals surface area contributed by atoms with E-state index < -0.39 is 11.5 Å². The Balaban J connectivity index is 2.29. The second-order valence-electron chi connectivity index (χ2n) is 5.12. The zero-order chi connectivity index (χ0) is 15.0. The van der Waals surface area contributed by atoms with Gasteiger partial charge in [0.25, 0.3) is 0 Å². The first-order valence-electron chi connectivity index (χ1n) is 7.39. The number of carboxylic acids is 1. The summed E-state index contributed by atoms with van der Waals surface area (Å²) in [5, 5.41) is 12.4. The number of carboxylic acid groups (broad SMARTS) is 1. The molecule has 0 saturated carbocycles. The van der Waals surface area contributed by atoms with Gasteiger partial charge in [-0.1, -0.05) is 13.8 Å². The van der Waals surface area contributed by atoms with Crippen molar-refractivity contribution in [2.24, 2.45) is 0 Å². The van der Waals surface area contributed by atoms with Gasteiger partial charge in [-0.2, -0.15) is 0 Å². The highest BCUT2D eigenvalue weighted by molar-refractivity contribution is 5.78. The molecule has 6 heteroatoms.